The van der Waals surface area contributed by atoms with Gasteiger partial charge in [-0.3, -0.25) is 4.79 Å². The fourth-order valence-electron chi connectivity index (χ4n) is 2.19. The molecule has 0 radical (unpaired) electrons. The molecule has 1 fully saturated rings. The zero-order valence-electron chi connectivity index (χ0n) is 10.3. The lowest BCUT2D eigenvalue weighted by Crippen LogP contribution is -2.40. The Morgan fingerprint density at radius 2 is 2.00 bits per heavy atom. The summed E-state index contributed by atoms with van der Waals surface area (Å²) in [5.41, 5.74) is 0.815. The maximum Gasteiger partial charge on any atom is 0.322 e. The molecule has 1 heterocycles. The van der Waals surface area contributed by atoms with E-state index in [1.807, 2.05) is 0 Å². The summed E-state index contributed by atoms with van der Waals surface area (Å²) in [4.78, 5) is 11.2. The van der Waals surface area contributed by atoms with Crippen LogP contribution in [-0.4, -0.2) is 36.4 Å². The summed E-state index contributed by atoms with van der Waals surface area (Å²) < 4.78 is 25.8. The second-order valence-corrected chi connectivity index (χ2v) is 6.28. The van der Waals surface area contributed by atoms with Crippen molar-refractivity contribution in [3.05, 3.63) is 36.4 Å². The molecule has 1 unspecified atom stereocenters. The second kappa shape index (κ2) is 5.14. The Labute approximate surface area is 112 Å². The van der Waals surface area contributed by atoms with Crippen molar-refractivity contribution in [2.75, 3.05) is 6.54 Å². The predicted octanol–water partition coefficient (Wildman–Crippen LogP) is 1.57. The molecule has 6 heteroatoms. The number of hydrogen-bond acceptors (Lipinski definition) is 3. The van der Waals surface area contributed by atoms with Gasteiger partial charge in [0.2, 0.25) is 10.0 Å². The minimum Gasteiger partial charge on any atom is -0.480 e. The minimum absolute atomic E-state index is 0.117. The standard InChI is InChI=1S/C13H15NO4S/c1-2-10-5-7-11(8-6-10)19(17,18)14-9-3-4-12(14)13(15)16/h2,5-8,12H,1,3-4,9H2,(H,15,16). The molecule has 1 aromatic rings. The maximum absolute atomic E-state index is 12.4. The lowest BCUT2D eigenvalue weighted by atomic mass is 10.2. The SMILES string of the molecule is C=Cc1ccc(S(=O)(=O)N2CCCC2C(=O)O)cc1. The highest BCUT2D eigenvalue weighted by Gasteiger charge is 2.39. The van der Waals surface area contributed by atoms with E-state index in [4.69, 9.17) is 5.11 Å². The molecule has 0 aromatic heterocycles. The summed E-state index contributed by atoms with van der Waals surface area (Å²) in [6, 6.07) is 5.29. The van der Waals surface area contributed by atoms with Gasteiger partial charge in [0.25, 0.3) is 0 Å². The first kappa shape index (κ1) is 13.8. The molecule has 0 spiro atoms. The number of hydrogen-bond donors (Lipinski definition) is 1. The van der Waals surface area contributed by atoms with Crippen LogP contribution in [0.2, 0.25) is 0 Å². The minimum atomic E-state index is -3.74. The zero-order valence-corrected chi connectivity index (χ0v) is 11.1. The van der Waals surface area contributed by atoms with Crippen LogP contribution in [-0.2, 0) is 14.8 Å². The van der Waals surface area contributed by atoms with E-state index in [0.29, 0.717) is 12.8 Å². The largest absolute Gasteiger partial charge is 0.480 e. The Balaban J connectivity index is 2.35. The van der Waals surface area contributed by atoms with Gasteiger partial charge in [-0.05, 0) is 30.5 Å². The summed E-state index contributed by atoms with van der Waals surface area (Å²) in [5, 5.41) is 9.06. The molecule has 1 saturated heterocycles. The van der Waals surface area contributed by atoms with E-state index in [1.54, 1.807) is 18.2 Å². The average molecular weight is 281 g/mol. The van der Waals surface area contributed by atoms with Crippen LogP contribution < -0.4 is 0 Å². The Morgan fingerprint density at radius 3 is 2.53 bits per heavy atom. The zero-order chi connectivity index (χ0) is 14.0. The quantitative estimate of drug-likeness (QED) is 0.909. The molecule has 1 aliphatic heterocycles. The normalized spacial score (nSPS) is 20.3. The summed E-state index contributed by atoms with van der Waals surface area (Å²) in [5.74, 6) is -1.09. The van der Waals surface area contributed by atoms with Crippen molar-refractivity contribution in [1.29, 1.82) is 0 Å². The fourth-order valence-corrected chi connectivity index (χ4v) is 3.84. The molecule has 0 saturated carbocycles. The highest BCUT2D eigenvalue weighted by Crippen LogP contribution is 2.26. The third-order valence-electron chi connectivity index (χ3n) is 3.21. The topological polar surface area (TPSA) is 74.7 Å². The number of sulfonamides is 1. The van der Waals surface area contributed by atoms with Crippen molar-refractivity contribution in [2.24, 2.45) is 0 Å². The van der Waals surface area contributed by atoms with Gasteiger partial charge >= 0.3 is 5.97 Å². The Kier molecular flexibility index (Phi) is 3.73. The second-order valence-electron chi connectivity index (χ2n) is 4.39. The Bertz CT molecular complexity index is 592. The predicted molar refractivity (Wildman–Crippen MR) is 71.1 cm³/mol. The number of carboxylic acids is 1. The van der Waals surface area contributed by atoms with Gasteiger partial charge in [0.15, 0.2) is 0 Å². The van der Waals surface area contributed by atoms with Gasteiger partial charge in [-0.25, -0.2) is 8.42 Å². The van der Waals surface area contributed by atoms with Crippen molar-refractivity contribution in [1.82, 2.24) is 4.31 Å². The van der Waals surface area contributed by atoms with E-state index >= 15 is 0 Å². The van der Waals surface area contributed by atoms with Crippen molar-refractivity contribution in [2.45, 2.75) is 23.8 Å². The van der Waals surface area contributed by atoms with Crippen LogP contribution in [0.4, 0.5) is 0 Å². The summed E-state index contributed by atoms with van der Waals surface area (Å²) in [7, 11) is -3.74. The highest BCUT2D eigenvalue weighted by molar-refractivity contribution is 7.89. The maximum atomic E-state index is 12.4. The van der Waals surface area contributed by atoms with Crippen LogP contribution in [0.25, 0.3) is 6.08 Å². The number of nitrogens with zero attached hydrogens (tertiary/aromatic N) is 1. The first-order valence-corrected chi connectivity index (χ1v) is 7.38. The van der Waals surface area contributed by atoms with E-state index in [9.17, 15) is 13.2 Å². The average Bonchev–Trinajstić information content (AvgIpc) is 2.89. The molecule has 1 aliphatic rings. The molecule has 0 amide bonds. The molecule has 1 aromatic carbocycles. The van der Waals surface area contributed by atoms with Crippen LogP contribution in [0.15, 0.2) is 35.7 Å². The molecule has 102 valence electrons. The van der Waals surface area contributed by atoms with E-state index in [-0.39, 0.29) is 11.4 Å². The molecule has 1 N–H and O–H groups in total. The van der Waals surface area contributed by atoms with Crippen LogP contribution in [0, 0.1) is 0 Å². The summed E-state index contributed by atoms with van der Waals surface area (Å²) in [6.07, 6.45) is 2.55. The van der Waals surface area contributed by atoms with Crippen LogP contribution in [0.3, 0.4) is 0 Å². The summed E-state index contributed by atoms with van der Waals surface area (Å²) in [6.45, 7) is 3.85. The molecule has 19 heavy (non-hydrogen) atoms. The van der Waals surface area contributed by atoms with Gasteiger partial charge in [-0.2, -0.15) is 4.31 Å². The highest BCUT2D eigenvalue weighted by atomic mass is 32.2. The summed E-state index contributed by atoms with van der Waals surface area (Å²) >= 11 is 0. The molecule has 1 atom stereocenters. The van der Waals surface area contributed by atoms with E-state index < -0.39 is 22.0 Å². The number of benzene rings is 1. The Hall–Kier alpha value is -1.66. The third kappa shape index (κ3) is 2.54. The van der Waals surface area contributed by atoms with Gasteiger partial charge in [0, 0.05) is 6.54 Å². The lowest BCUT2D eigenvalue weighted by molar-refractivity contribution is -0.140. The van der Waals surface area contributed by atoms with Gasteiger partial charge in [-0.15, -0.1) is 0 Å². The van der Waals surface area contributed by atoms with Crippen LogP contribution in [0.5, 0.6) is 0 Å². The lowest BCUT2D eigenvalue weighted by Gasteiger charge is -2.20. The Morgan fingerprint density at radius 1 is 1.37 bits per heavy atom. The number of carbonyl (C=O) groups is 1. The van der Waals surface area contributed by atoms with Crippen LogP contribution in [0.1, 0.15) is 18.4 Å². The number of rotatable bonds is 4. The number of aliphatic carboxylic acids is 1. The first-order chi connectivity index (χ1) is 8.96. The fraction of sp³-hybridized carbons (Fsp3) is 0.308. The van der Waals surface area contributed by atoms with Crippen molar-refractivity contribution < 1.29 is 18.3 Å². The van der Waals surface area contributed by atoms with Crippen molar-refractivity contribution in [3.63, 3.8) is 0 Å². The monoisotopic (exact) mass is 281 g/mol. The van der Waals surface area contributed by atoms with Gasteiger partial charge in [0.05, 0.1) is 4.90 Å². The first-order valence-electron chi connectivity index (χ1n) is 5.94. The molecule has 2 rings (SSSR count). The van der Waals surface area contributed by atoms with Crippen molar-refractivity contribution in [3.8, 4) is 0 Å². The third-order valence-corrected chi connectivity index (χ3v) is 5.13. The van der Waals surface area contributed by atoms with Gasteiger partial charge in [0.1, 0.15) is 6.04 Å². The number of carboxylic acid groups (broad SMARTS) is 1. The molecular weight excluding hydrogens is 266 g/mol. The van der Waals surface area contributed by atoms with Crippen molar-refractivity contribution >= 4 is 22.1 Å². The van der Waals surface area contributed by atoms with Crippen LogP contribution >= 0.6 is 0 Å². The van der Waals surface area contributed by atoms with E-state index in [1.165, 1.54) is 12.1 Å². The molecule has 5 nitrogen and oxygen atoms in total. The molecule has 0 bridgehead atoms. The van der Waals surface area contributed by atoms with E-state index in [0.717, 1.165) is 9.87 Å². The van der Waals surface area contributed by atoms with Gasteiger partial charge < -0.3 is 5.11 Å². The molecule has 0 aliphatic carbocycles. The molecular formula is C13H15NO4S. The van der Waals surface area contributed by atoms with Gasteiger partial charge in [-0.1, -0.05) is 24.8 Å². The smallest absolute Gasteiger partial charge is 0.322 e. The van der Waals surface area contributed by atoms with E-state index in [2.05, 4.69) is 6.58 Å².